The molecule has 15 heavy (non-hydrogen) atoms. The number of nitrogen functional groups attached to an aromatic ring is 1. The molecule has 0 radical (unpaired) electrons. The Morgan fingerprint density at radius 2 is 2.20 bits per heavy atom. The molecule has 1 saturated carbocycles. The minimum absolute atomic E-state index is 0.0565. The van der Waals surface area contributed by atoms with Crippen molar-refractivity contribution in [2.24, 2.45) is 0 Å². The molecule has 4 N–H and O–H groups in total. The van der Waals surface area contributed by atoms with Crippen molar-refractivity contribution in [1.82, 2.24) is 15.0 Å². The lowest BCUT2D eigenvalue weighted by atomic mass is 10.3. The van der Waals surface area contributed by atoms with Crippen LogP contribution in [-0.2, 0) is 0 Å². The Morgan fingerprint density at radius 3 is 2.73 bits per heavy atom. The van der Waals surface area contributed by atoms with Crippen molar-refractivity contribution in [3.05, 3.63) is 0 Å². The lowest BCUT2D eigenvalue weighted by Gasteiger charge is -2.14. The molecule has 0 unspecified atom stereocenters. The Balaban J connectivity index is 2.17. The monoisotopic (exact) mass is 211 g/mol. The number of aliphatic hydroxyl groups is 1. The first-order chi connectivity index (χ1) is 7.17. The van der Waals surface area contributed by atoms with Crippen LogP contribution in [0.2, 0.25) is 0 Å². The predicted molar refractivity (Wildman–Crippen MR) is 53.5 cm³/mol. The van der Waals surface area contributed by atoms with Gasteiger partial charge in [-0.25, -0.2) is 0 Å². The molecule has 1 fully saturated rings. The maximum absolute atomic E-state index is 9.12. The fourth-order valence-electron chi connectivity index (χ4n) is 1.23. The highest BCUT2D eigenvalue weighted by Gasteiger charge is 2.42. The third kappa shape index (κ3) is 2.07. The van der Waals surface area contributed by atoms with E-state index >= 15 is 0 Å². The molecule has 1 aliphatic carbocycles. The average molecular weight is 211 g/mol. The summed E-state index contributed by atoms with van der Waals surface area (Å²) in [5.74, 6) is 0.434. The second kappa shape index (κ2) is 3.50. The van der Waals surface area contributed by atoms with E-state index in [-0.39, 0.29) is 24.1 Å². The summed E-state index contributed by atoms with van der Waals surface area (Å²) in [6.07, 6.45) is 1.80. The van der Waals surface area contributed by atoms with Crippen molar-refractivity contribution >= 4 is 11.9 Å². The maximum Gasteiger partial charge on any atom is 0.322 e. The lowest BCUT2D eigenvalue weighted by Crippen LogP contribution is -2.27. The van der Waals surface area contributed by atoms with Crippen LogP contribution >= 0.6 is 0 Å². The van der Waals surface area contributed by atoms with Crippen LogP contribution in [0.15, 0.2) is 0 Å². The van der Waals surface area contributed by atoms with Crippen molar-refractivity contribution in [2.45, 2.75) is 18.4 Å². The molecule has 7 heteroatoms. The summed E-state index contributed by atoms with van der Waals surface area (Å²) < 4.78 is 4.86. The SMILES string of the molecule is COc1nc(N)nc(NC2(CO)CC2)n1. The fraction of sp³-hybridized carbons (Fsp3) is 0.625. The van der Waals surface area contributed by atoms with E-state index in [1.54, 1.807) is 0 Å². The lowest BCUT2D eigenvalue weighted by molar-refractivity contribution is 0.265. The van der Waals surface area contributed by atoms with E-state index in [9.17, 15) is 0 Å². The number of rotatable bonds is 4. The molecule has 2 rings (SSSR count). The summed E-state index contributed by atoms with van der Waals surface area (Å²) in [6, 6.07) is 0.165. The van der Waals surface area contributed by atoms with Gasteiger partial charge in [0.2, 0.25) is 11.9 Å². The molecule has 1 aliphatic rings. The maximum atomic E-state index is 9.12. The van der Waals surface area contributed by atoms with E-state index in [4.69, 9.17) is 15.6 Å². The second-order valence-electron chi connectivity index (χ2n) is 3.57. The van der Waals surface area contributed by atoms with Gasteiger partial charge in [-0.3, -0.25) is 0 Å². The van der Waals surface area contributed by atoms with Gasteiger partial charge in [-0.2, -0.15) is 15.0 Å². The third-order valence-electron chi connectivity index (χ3n) is 2.35. The molecule has 1 aromatic heterocycles. The van der Waals surface area contributed by atoms with E-state index in [1.807, 2.05) is 0 Å². The zero-order valence-electron chi connectivity index (χ0n) is 8.40. The molecule has 0 saturated heterocycles. The van der Waals surface area contributed by atoms with Crippen molar-refractivity contribution in [3.63, 3.8) is 0 Å². The molecule has 1 heterocycles. The van der Waals surface area contributed by atoms with Crippen molar-refractivity contribution in [1.29, 1.82) is 0 Å². The number of hydrogen-bond acceptors (Lipinski definition) is 7. The van der Waals surface area contributed by atoms with Crippen molar-refractivity contribution < 1.29 is 9.84 Å². The van der Waals surface area contributed by atoms with Gasteiger partial charge in [0, 0.05) is 0 Å². The minimum atomic E-state index is -0.279. The first-order valence-electron chi connectivity index (χ1n) is 4.62. The first-order valence-corrected chi connectivity index (χ1v) is 4.62. The predicted octanol–water partition coefficient (Wildman–Crippen LogP) is -0.601. The Labute approximate surface area is 86.7 Å². The number of methoxy groups -OCH3 is 1. The summed E-state index contributed by atoms with van der Waals surface area (Å²) in [6.45, 7) is 0.0565. The first kappa shape index (κ1) is 9.91. The van der Waals surface area contributed by atoms with E-state index in [2.05, 4.69) is 20.3 Å². The molecule has 0 bridgehead atoms. The molecule has 1 aromatic rings. The van der Waals surface area contributed by atoms with Crippen LogP contribution in [0.1, 0.15) is 12.8 Å². The molecule has 0 amide bonds. The minimum Gasteiger partial charge on any atom is -0.467 e. The Morgan fingerprint density at radius 1 is 1.47 bits per heavy atom. The fourth-order valence-corrected chi connectivity index (χ4v) is 1.23. The largest absolute Gasteiger partial charge is 0.467 e. The summed E-state index contributed by atoms with van der Waals surface area (Å²) >= 11 is 0. The highest BCUT2D eigenvalue weighted by Crippen LogP contribution is 2.37. The molecule has 7 nitrogen and oxygen atoms in total. The van der Waals surface area contributed by atoms with Gasteiger partial charge < -0.3 is 20.9 Å². The number of aliphatic hydroxyl groups excluding tert-OH is 1. The molecule has 0 aromatic carbocycles. The number of ether oxygens (including phenoxy) is 1. The van der Waals surface area contributed by atoms with Gasteiger partial charge in [-0.05, 0) is 12.8 Å². The summed E-state index contributed by atoms with van der Waals surface area (Å²) in [7, 11) is 1.46. The van der Waals surface area contributed by atoms with Crippen LogP contribution in [0.4, 0.5) is 11.9 Å². The molecule has 0 atom stereocenters. The Kier molecular flexibility index (Phi) is 2.31. The molecule has 82 valence electrons. The van der Waals surface area contributed by atoms with Crippen LogP contribution in [0.5, 0.6) is 6.01 Å². The number of nitrogens with two attached hydrogens (primary N) is 1. The zero-order valence-corrected chi connectivity index (χ0v) is 8.40. The molecule has 0 spiro atoms. The standard InChI is InChI=1S/C8H13N5O2/c1-15-7-11-5(9)10-6(12-7)13-8(4-14)2-3-8/h14H,2-4H2,1H3,(H3,9,10,11,12,13). The van der Waals surface area contributed by atoms with E-state index in [1.165, 1.54) is 7.11 Å². The van der Waals surface area contributed by atoms with Crippen LogP contribution in [-0.4, -0.2) is 39.3 Å². The highest BCUT2D eigenvalue weighted by atomic mass is 16.5. The average Bonchev–Trinajstić information content (AvgIpc) is 2.97. The van der Waals surface area contributed by atoms with Crippen molar-refractivity contribution in [2.75, 3.05) is 24.8 Å². The van der Waals surface area contributed by atoms with Gasteiger partial charge in [-0.1, -0.05) is 0 Å². The van der Waals surface area contributed by atoms with Gasteiger partial charge >= 0.3 is 6.01 Å². The molecular formula is C8H13N5O2. The van der Waals surface area contributed by atoms with Gasteiger partial charge in [0.25, 0.3) is 0 Å². The summed E-state index contributed by atoms with van der Waals surface area (Å²) in [5, 5.41) is 12.1. The number of anilines is 2. The van der Waals surface area contributed by atoms with Gasteiger partial charge in [0.1, 0.15) is 0 Å². The zero-order chi connectivity index (χ0) is 10.9. The number of hydrogen-bond donors (Lipinski definition) is 3. The normalized spacial score (nSPS) is 17.2. The Hall–Kier alpha value is -1.63. The van der Waals surface area contributed by atoms with E-state index in [0.29, 0.717) is 5.95 Å². The Bertz CT molecular complexity index is 366. The molecular weight excluding hydrogens is 198 g/mol. The quantitative estimate of drug-likeness (QED) is 0.610. The highest BCUT2D eigenvalue weighted by molar-refractivity contribution is 5.38. The number of nitrogens with zero attached hydrogens (tertiary/aromatic N) is 3. The van der Waals surface area contributed by atoms with Crippen LogP contribution in [0.25, 0.3) is 0 Å². The van der Waals surface area contributed by atoms with Gasteiger partial charge in [0.15, 0.2) is 0 Å². The van der Waals surface area contributed by atoms with Gasteiger partial charge in [0.05, 0.1) is 19.3 Å². The van der Waals surface area contributed by atoms with Crippen LogP contribution in [0.3, 0.4) is 0 Å². The number of nitrogens with one attached hydrogen (secondary N) is 1. The third-order valence-corrected chi connectivity index (χ3v) is 2.35. The number of aromatic nitrogens is 3. The summed E-state index contributed by atoms with van der Waals surface area (Å²) in [5.41, 5.74) is 5.19. The van der Waals surface area contributed by atoms with Crippen molar-refractivity contribution in [3.8, 4) is 6.01 Å². The second-order valence-corrected chi connectivity index (χ2v) is 3.57. The topological polar surface area (TPSA) is 106 Å². The summed E-state index contributed by atoms with van der Waals surface area (Å²) in [4.78, 5) is 11.6. The van der Waals surface area contributed by atoms with Gasteiger partial charge in [-0.15, -0.1) is 0 Å². The smallest absolute Gasteiger partial charge is 0.322 e. The van der Waals surface area contributed by atoms with E-state index < -0.39 is 0 Å². The van der Waals surface area contributed by atoms with E-state index in [0.717, 1.165) is 12.8 Å². The molecule has 0 aliphatic heterocycles. The van der Waals surface area contributed by atoms with Crippen LogP contribution in [0, 0.1) is 0 Å². The van der Waals surface area contributed by atoms with Crippen LogP contribution < -0.4 is 15.8 Å².